The van der Waals surface area contributed by atoms with Crippen LogP contribution in [0.2, 0.25) is 0 Å². The number of anilines is 2. The third-order valence-electron chi connectivity index (χ3n) is 2.27. The Hall–Kier alpha value is -2.62. The lowest BCUT2D eigenvalue weighted by Crippen LogP contribution is -2.14. The van der Waals surface area contributed by atoms with Crippen molar-refractivity contribution in [2.75, 3.05) is 11.6 Å². The molecule has 0 spiro atoms. The minimum atomic E-state index is -1.18. The minimum Gasteiger partial charge on any atom is -0.324 e. The number of aromatic nitrogens is 3. The van der Waals surface area contributed by atoms with Crippen molar-refractivity contribution in [1.82, 2.24) is 15.0 Å². The van der Waals surface area contributed by atoms with Gasteiger partial charge in [-0.05, 0) is 12.1 Å². The van der Waals surface area contributed by atoms with Gasteiger partial charge in [0.2, 0.25) is 5.95 Å². The van der Waals surface area contributed by atoms with Crippen molar-refractivity contribution in [3.8, 4) is 0 Å². The van der Waals surface area contributed by atoms with E-state index in [1.807, 2.05) is 0 Å². The second-order valence-electron chi connectivity index (χ2n) is 3.67. The van der Waals surface area contributed by atoms with Crippen LogP contribution in [-0.4, -0.2) is 30.3 Å². The Morgan fingerprint density at radius 2 is 2.10 bits per heavy atom. The number of aromatic amines is 1. The van der Waals surface area contributed by atoms with Gasteiger partial charge in [0.15, 0.2) is 0 Å². The van der Waals surface area contributed by atoms with Gasteiger partial charge < -0.3 is 5.32 Å². The monoisotopic (exact) mass is 295 g/mol. The molecular formula is C10H9N5O4S. The summed E-state index contributed by atoms with van der Waals surface area (Å²) in [5.41, 5.74) is -0.992. The summed E-state index contributed by atoms with van der Waals surface area (Å²) in [6.45, 7) is 0. The molecule has 104 valence electrons. The van der Waals surface area contributed by atoms with Gasteiger partial charge in [0.05, 0.1) is 27.6 Å². The van der Waals surface area contributed by atoms with Gasteiger partial charge in [0.25, 0.3) is 0 Å². The van der Waals surface area contributed by atoms with Crippen molar-refractivity contribution in [3.63, 3.8) is 0 Å². The molecule has 0 fully saturated rings. The van der Waals surface area contributed by atoms with Crippen molar-refractivity contribution >= 4 is 28.1 Å². The first-order chi connectivity index (χ1) is 9.47. The molecule has 20 heavy (non-hydrogen) atoms. The second-order valence-corrected chi connectivity index (χ2v) is 4.99. The summed E-state index contributed by atoms with van der Waals surface area (Å²) in [5.74, 6) is 0.0489. The van der Waals surface area contributed by atoms with Crippen molar-refractivity contribution in [2.45, 2.75) is 5.03 Å². The number of nitrogens with zero attached hydrogens (tertiary/aromatic N) is 3. The third-order valence-corrected chi connectivity index (χ3v) is 3.10. The van der Waals surface area contributed by atoms with Crippen LogP contribution < -0.4 is 10.9 Å². The maximum atomic E-state index is 11.4. The fourth-order valence-electron chi connectivity index (χ4n) is 1.34. The van der Waals surface area contributed by atoms with Crippen LogP contribution in [0.25, 0.3) is 0 Å². The molecule has 1 unspecified atom stereocenters. The van der Waals surface area contributed by atoms with Crippen molar-refractivity contribution in [3.05, 3.63) is 45.0 Å². The van der Waals surface area contributed by atoms with E-state index in [1.54, 1.807) is 12.1 Å². The maximum absolute atomic E-state index is 11.4. The van der Waals surface area contributed by atoms with E-state index in [-0.39, 0.29) is 5.95 Å². The highest BCUT2D eigenvalue weighted by atomic mass is 32.2. The summed E-state index contributed by atoms with van der Waals surface area (Å²) in [7, 11) is -1.18. The number of rotatable bonds is 4. The molecular weight excluding hydrogens is 286 g/mol. The minimum absolute atomic E-state index is 0.0489. The SMILES string of the molecule is CS(=O)c1ccc(Nc2ncc([N+](=O)[O-])c(=O)[nH]2)cn1. The van der Waals surface area contributed by atoms with Gasteiger partial charge in [-0.2, -0.15) is 0 Å². The highest BCUT2D eigenvalue weighted by Crippen LogP contribution is 2.12. The number of nitrogens with one attached hydrogen (secondary N) is 2. The zero-order valence-corrected chi connectivity index (χ0v) is 11.0. The van der Waals surface area contributed by atoms with Gasteiger partial charge in [0, 0.05) is 6.26 Å². The highest BCUT2D eigenvalue weighted by molar-refractivity contribution is 7.84. The molecule has 0 aliphatic carbocycles. The summed E-state index contributed by atoms with van der Waals surface area (Å²) in [4.78, 5) is 30.9. The molecule has 2 aromatic rings. The van der Waals surface area contributed by atoms with E-state index >= 15 is 0 Å². The summed E-state index contributed by atoms with van der Waals surface area (Å²) < 4.78 is 11.2. The van der Waals surface area contributed by atoms with Gasteiger partial charge in [-0.25, -0.2) is 9.97 Å². The summed E-state index contributed by atoms with van der Waals surface area (Å²) in [6.07, 6.45) is 3.78. The summed E-state index contributed by atoms with van der Waals surface area (Å²) >= 11 is 0. The smallest absolute Gasteiger partial charge is 0.324 e. The zero-order valence-electron chi connectivity index (χ0n) is 10.2. The standard InChI is InChI=1S/C10H9N5O4S/c1-20(19)8-3-2-6(4-11-8)13-10-12-5-7(15(17)18)9(16)14-10/h2-5H,1H3,(H2,12,13,14,16). The molecule has 2 N–H and O–H groups in total. The van der Waals surface area contributed by atoms with Crippen molar-refractivity contribution in [2.24, 2.45) is 0 Å². The average molecular weight is 295 g/mol. The first kappa shape index (κ1) is 13.8. The lowest BCUT2D eigenvalue weighted by atomic mass is 10.4. The average Bonchev–Trinajstić information content (AvgIpc) is 2.39. The van der Waals surface area contributed by atoms with Crippen molar-refractivity contribution in [1.29, 1.82) is 0 Å². The van der Waals surface area contributed by atoms with E-state index in [4.69, 9.17) is 0 Å². The van der Waals surface area contributed by atoms with E-state index < -0.39 is 27.0 Å². The predicted octanol–water partition coefficient (Wildman–Crippen LogP) is 0.554. The molecule has 10 heteroatoms. The van der Waals surface area contributed by atoms with Crippen LogP contribution in [0.15, 0.2) is 34.3 Å². The van der Waals surface area contributed by atoms with Crippen LogP contribution >= 0.6 is 0 Å². The molecule has 2 aromatic heterocycles. The van der Waals surface area contributed by atoms with Gasteiger partial charge in [0.1, 0.15) is 11.2 Å². The topological polar surface area (TPSA) is 131 Å². The molecule has 0 radical (unpaired) electrons. The molecule has 0 bridgehead atoms. The Morgan fingerprint density at radius 3 is 2.60 bits per heavy atom. The Kier molecular flexibility index (Phi) is 3.84. The summed E-state index contributed by atoms with van der Waals surface area (Å²) in [6, 6.07) is 3.16. The lowest BCUT2D eigenvalue weighted by Gasteiger charge is -2.04. The van der Waals surface area contributed by atoms with Gasteiger partial charge >= 0.3 is 11.2 Å². The summed E-state index contributed by atoms with van der Waals surface area (Å²) in [5, 5.41) is 13.6. The maximum Gasteiger partial charge on any atom is 0.352 e. The molecule has 0 saturated carbocycles. The van der Waals surface area contributed by atoms with Crippen LogP contribution in [-0.2, 0) is 10.8 Å². The lowest BCUT2D eigenvalue weighted by molar-refractivity contribution is -0.386. The molecule has 1 atom stereocenters. The normalized spacial score (nSPS) is 11.8. The number of pyridine rings is 1. The Balaban J connectivity index is 2.22. The molecule has 9 nitrogen and oxygen atoms in total. The number of hydrogen-bond acceptors (Lipinski definition) is 7. The third kappa shape index (κ3) is 3.03. The van der Waals surface area contributed by atoms with Gasteiger partial charge in [-0.1, -0.05) is 0 Å². The molecule has 0 aliphatic rings. The van der Waals surface area contributed by atoms with Crippen molar-refractivity contribution < 1.29 is 9.13 Å². The van der Waals surface area contributed by atoms with E-state index in [0.717, 1.165) is 6.20 Å². The van der Waals surface area contributed by atoms with Crippen LogP contribution in [0, 0.1) is 10.1 Å². The van der Waals surface area contributed by atoms with E-state index in [9.17, 15) is 19.1 Å². The largest absolute Gasteiger partial charge is 0.352 e. The van der Waals surface area contributed by atoms with Crippen LogP contribution in [0.4, 0.5) is 17.3 Å². The number of nitro groups is 1. The number of hydrogen-bond donors (Lipinski definition) is 2. The fraction of sp³-hybridized carbons (Fsp3) is 0.100. The Bertz CT molecular complexity index is 727. The Morgan fingerprint density at radius 1 is 1.35 bits per heavy atom. The van der Waals surface area contributed by atoms with E-state index in [2.05, 4.69) is 20.3 Å². The van der Waals surface area contributed by atoms with Crippen LogP contribution in [0.5, 0.6) is 0 Å². The molecule has 0 aliphatic heterocycles. The first-order valence-corrected chi connectivity index (χ1v) is 6.83. The Labute approximate surface area is 114 Å². The van der Waals surface area contributed by atoms with E-state index in [1.165, 1.54) is 12.5 Å². The zero-order chi connectivity index (χ0) is 14.7. The molecule has 2 heterocycles. The molecule has 2 rings (SSSR count). The van der Waals surface area contributed by atoms with Gasteiger partial charge in [-0.3, -0.25) is 24.1 Å². The second kappa shape index (κ2) is 5.57. The molecule has 0 aromatic carbocycles. The van der Waals surface area contributed by atoms with Crippen LogP contribution in [0.1, 0.15) is 0 Å². The number of H-pyrrole nitrogens is 1. The molecule has 0 amide bonds. The quantitative estimate of drug-likeness (QED) is 0.622. The molecule has 0 saturated heterocycles. The van der Waals surface area contributed by atoms with Gasteiger partial charge in [-0.15, -0.1) is 0 Å². The fourth-order valence-corrected chi connectivity index (χ4v) is 1.80. The highest BCUT2D eigenvalue weighted by Gasteiger charge is 2.13. The predicted molar refractivity (Wildman–Crippen MR) is 71.4 cm³/mol. The van der Waals surface area contributed by atoms with E-state index in [0.29, 0.717) is 10.7 Å². The first-order valence-electron chi connectivity index (χ1n) is 5.27. The van der Waals surface area contributed by atoms with Crippen LogP contribution in [0.3, 0.4) is 0 Å².